The summed E-state index contributed by atoms with van der Waals surface area (Å²) in [6.07, 6.45) is 5.05. The fourth-order valence-corrected chi connectivity index (χ4v) is 5.79. The third kappa shape index (κ3) is 6.87. The molecule has 1 aromatic carbocycles. The Bertz CT molecular complexity index is 1030. The van der Waals surface area contributed by atoms with Gasteiger partial charge in [-0.1, -0.05) is 43.6 Å². The number of halogens is 1. The number of aromatic nitrogens is 1. The number of aliphatic hydroxyl groups is 2. The van der Waals surface area contributed by atoms with Gasteiger partial charge in [0.15, 0.2) is 6.29 Å². The van der Waals surface area contributed by atoms with Gasteiger partial charge in [0.1, 0.15) is 5.76 Å². The fourth-order valence-electron chi connectivity index (χ4n) is 5.51. The number of anilines is 1. The molecule has 0 spiro atoms. The maximum atomic E-state index is 13.0. The molecule has 3 N–H and O–H groups in total. The van der Waals surface area contributed by atoms with Gasteiger partial charge in [0.25, 0.3) is 0 Å². The normalized spacial score (nSPS) is 21.1. The summed E-state index contributed by atoms with van der Waals surface area (Å²) in [7, 11) is 0. The fraction of sp³-hybridized carbons (Fsp3) is 0.643. The number of nitrogens with one attached hydrogen (secondary N) is 1. The topological polar surface area (TPSA) is 95.6 Å². The number of aliphatic hydroxyl groups excluding tert-OH is 1. The van der Waals surface area contributed by atoms with Gasteiger partial charge in [-0.05, 0) is 86.8 Å². The Kier molecular flexibility index (Phi) is 7.94. The highest BCUT2D eigenvalue weighted by molar-refractivity contribution is 6.33. The van der Waals surface area contributed by atoms with E-state index in [9.17, 15) is 15.0 Å². The van der Waals surface area contributed by atoms with E-state index in [0.29, 0.717) is 40.3 Å². The number of amides is 1. The Morgan fingerprint density at radius 2 is 1.91 bits per heavy atom. The lowest BCUT2D eigenvalue weighted by atomic mass is 9.66. The van der Waals surface area contributed by atoms with Crippen molar-refractivity contribution in [1.82, 2.24) is 5.16 Å². The Morgan fingerprint density at radius 3 is 2.51 bits per heavy atom. The molecule has 2 aliphatic carbocycles. The highest BCUT2D eigenvalue weighted by Gasteiger charge is 2.42. The summed E-state index contributed by atoms with van der Waals surface area (Å²) >= 11 is 6.31. The van der Waals surface area contributed by atoms with E-state index in [1.54, 1.807) is 6.07 Å². The smallest absolute Gasteiger partial charge is 0.225 e. The van der Waals surface area contributed by atoms with Gasteiger partial charge in [-0.15, -0.1) is 0 Å². The predicted molar refractivity (Wildman–Crippen MR) is 138 cm³/mol. The molecule has 7 heteroatoms. The van der Waals surface area contributed by atoms with Crippen LogP contribution in [0.15, 0.2) is 22.7 Å². The van der Waals surface area contributed by atoms with Gasteiger partial charge in [-0.25, -0.2) is 0 Å². The zero-order chi connectivity index (χ0) is 25.3. The van der Waals surface area contributed by atoms with Gasteiger partial charge in [-0.3, -0.25) is 4.79 Å². The molecule has 35 heavy (non-hydrogen) atoms. The first-order chi connectivity index (χ1) is 16.5. The highest BCUT2D eigenvalue weighted by Crippen LogP contribution is 2.53. The van der Waals surface area contributed by atoms with Crippen molar-refractivity contribution >= 4 is 23.2 Å². The molecule has 2 fully saturated rings. The first-order valence-electron chi connectivity index (χ1n) is 12.9. The van der Waals surface area contributed by atoms with E-state index in [2.05, 4.69) is 31.2 Å². The van der Waals surface area contributed by atoms with Gasteiger partial charge < -0.3 is 20.1 Å². The summed E-state index contributed by atoms with van der Waals surface area (Å²) in [6.45, 7) is 8.81. The van der Waals surface area contributed by atoms with E-state index in [1.165, 1.54) is 12.0 Å². The summed E-state index contributed by atoms with van der Waals surface area (Å²) in [4.78, 5) is 13.0. The number of benzene rings is 1. The standard InChI is InChI=1S/C28H39ClN2O4/c1-16-5-9-22(21(29)11-16)30-23(32)14-19(8-10-24(33)34)26-25(18-6-7-18)27(35-31-26)20-12-17(13-20)15-28(2,3)4/h5,9,11,17-20,24,33-34H,6-8,10,12-15H2,1-4H3,(H,30,32)/t17?,19-,20?/m0/s1. The SMILES string of the molecule is Cc1ccc(NC(=O)C[C@H](CCC(O)O)c2noc(C3CC(CC(C)(C)C)C3)c2C2CC2)c(Cl)c1. The lowest BCUT2D eigenvalue weighted by molar-refractivity contribution is -0.116. The minimum Gasteiger partial charge on any atom is -0.368 e. The monoisotopic (exact) mass is 502 g/mol. The van der Waals surface area contributed by atoms with Gasteiger partial charge in [0.2, 0.25) is 5.91 Å². The first kappa shape index (κ1) is 26.2. The number of rotatable bonds is 10. The van der Waals surface area contributed by atoms with Crippen LogP contribution in [0.4, 0.5) is 5.69 Å². The Hall–Kier alpha value is -1.89. The van der Waals surface area contributed by atoms with Gasteiger partial charge >= 0.3 is 0 Å². The van der Waals surface area contributed by atoms with Crippen LogP contribution >= 0.6 is 11.6 Å². The molecule has 2 saturated carbocycles. The van der Waals surface area contributed by atoms with Crippen molar-refractivity contribution in [3.8, 4) is 0 Å². The van der Waals surface area contributed by atoms with E-state index in [0.717, 1.165) is 42.7 Å². The van der Waals surface area contributed by atoms with Crippen LogP contribution in [-0.2, 0) is 4.79 Å². The van der Waals surface area contributed by atoms with Crippen LogP contribution in [0.5, 0.6) is 0 Å². The van der Waals surface area contributed by atoms with Gasteiger partial charge in [0, 0.05) is 23.8 Å². The van der Waals surface area contributed by atoms with Gasteiger partial charge in [0.05, 0.1) is 16.4 Å². The molecular weight excluding hydrogens is 464 g/mol. The number of aryl methyl sites for hydroxylation is 1. The molecule has 2 aromatic rings. The molecule has 0 aliphatic heterocycles. The average molecular weight is 503 g/mol. The van der Waals surface area contributed by atoms with Gasteiger partial charge in [-0.2, -0.15) is 0 Å². The van der Waals surface area contributed by atoms with Crippen molar-refractivity contribution in [1.29, 1.82) is 0 Å². The number of carbonyl (C=O) groups excluding carboxylic acids is 1. The molecule has 2 aliphatic rings. The summed E-state index contributed by atoms with van der Waals surface area (Å²) in [5.41, 5.74) is 3.93. The molecule has 1 aromatic heterocycles. The Labute approximate surface area is 213 Å². The maximum absolute atomic E-state index is 13.0. The average Bonchev–Trinajstić information content (AvgIpc) is 3.47. The minimum atomic E-state index is -1.42. The molecule has 1 amide bonds. The maximum Gasteiger partial charge on any atom is 0.225 e. The van der Waals surface area contributed by atoms with Crippen molar-refractivity contribution < 1.29 is 19.5 Å². The van der Waals surface area contributed by atoms with E-state index < -0.39 is 6.29 Å². The molecule has 192 valence electrons. The van der Waals surface area contributed by atoms with Crippen LogP contribution in [0.2, 0.25) is 5.02 Å². The summed E-state index contributed by atoms with van der Waals surface area (Å²) in [5, 5.41) is 27.0. The lowest BCUT2D eigenvalue weighted by Crippen LogP contribution is -2.26. The zero-order valence-electron chi connectivity index (χ0n) is 21.3. The molecule has 0 radical (unpaired) electrons. The molecule has 0 bridgehead atoms. The van der Waals surface area contributed by atoms with Crippen molar-refractivity contribution in [2.24, 2.45) is 11.3 Å². The van der Waals surface area contributed by atoms with Crippen molar-refractivity contribution in [2.45, 2.75) is 103 Å². The third-order valence-electron chi connectivity index (χ3n) is 7.27. The van der Waals surface area contributed by atoms with E-state index in [-0.39, 0.29) is 24.7 Å². The summed E-state index contributed by atoms with van der Waals surface area (Å²) in [5.74, 6) is 2.12. The largest absolute Gasteiger partial charge is 0.368 e. The Balaban J connectivity index is 1.51. The quantitative estimate of drug-likeness (QED) is 0.316. The van der Waals surface area contributed by atoms with E-state index in [1.807, 2.05) is 19.1 Å². The second-order valence-corrected chi connectivity index (χ2v) is 12.3. The molecular formula is C28H39ClN2O4. The lowest BCUT2D eigenvalue weighted by Gasteiger charge is -2.38. The number of nitrogens with zero attached hydrogens (tertiary/aromatic N) is 1. The minimum absolute atomic E-state index is 0.173. The van der Waals surface area contributed by atoms with Crippen LogP contribution in [-0.4, -0.2) is 27.6 Å². The summed E-state index contributed by atoms with van der Waals surface area (Å²) < 4.78 is 5.97. The summed E-state index contributed by atoms with van der Waals surface area (Å²) in [6, 6.07) is 5.52. The van der Waals surface area contributed by atoms with Crippen molar-refractivity contribution in [3.63, 3.8) is 0 Å². The molecule has 0 unspecified atom stereocenters. The predicted octanol–water partition coefficient (Wildman–Crippen LogP) is 6.65. The molecule has 1 heterocycles. The highest BCUT2D eigenvalue weighted by atomic mass is 35.5. The Morgan fingerprint density at radius 1 is 1.20 bits per heavy atom. The van der Waals surface area contributed by atoms with Crippen molar-refractivity contribution in [2.75, 3.05) is 5.32 Å². The molecule has 1 atom stereocenters. The van der Waals surface area contributed by atoms with Crippen molar-refractivity contribution in [3.05, 3.63) is 45.8 Å². The van der Waals surface area contributed by atoms with E-state index in [4.69, 9.17) is 16.1 Å². The van der Waals surface area contributed by atoms with Crippen LogP contribution in [0.25, 0.3) is 0 Å². The number of hydrogen-bond acceptors (Lipinski definition) is 5. The second-order valence-electron chi connectivity index (χ2n) is 11.9. The van der Waals surface area contributed by atoms with Crippen LogP contribution in [0.3, 0.4) is 0 Å². The number of carbonyl (C=O) groups is 1. The molecule has 6 nitrogen and oxygen atoms in total. The van der Waals surface area contributed by atoms with Crippen LogP contribution < -0.4 is 5.32 Å². The van der Waals surface area contributed by atoms with Crippen LogP contribution in [0, 0.1) is 18.3 Å². The van der Waals surface area contributed by atoms with Crippen LogP contribution in [0.1, 0.15) is 112 Å². The zero-order valence-corrected chi connectivity index (χ0v) is 22.1. The number of hydrogen-bond donors (Lipinski definition) is 3. The second kappa shape index (κ2) is 10.6. The molecule has 0 saturated heterocycles. The first-order valence-corrected chi connectivity index (χ1v) is 13.3. The van der Waals surface area contributed by atoms with E-state index >= 15 is 0 Å². The third-order valence-corrected chi connectivity index (χ3v) is 7.58. The molecule has 4 rings (SSSR count).